The van der Waals surface area contributed by atoms with Gasteiger partial charge in [0.1, 0.15) is 6.67 Å². The maximum absolute atomic E-state index is 10.9. The van der Waals surface area contributed by atoms with E-state index in [1.54, 1.807) is 0 Å². The van der Waals surface area contributed by atoms with Gasteiger partial charge in [-0.25, -0.2) is 4.39 Å². The van der Waals surface area contributed by atoms with Crippen LogP contribution in [0.1, 0.15) is 0 Å². The molecule has 0 aliphatic carbocycles. The van der Waals surface area contributed by atoms with Crippen molar-refractivity contribution in [3.63, 3.8) is 0 Å². The molecule has 0 bridgehead atoms. The lowest BCUT2D eigenvalue weighted by atomic mass is 10.7. The van der Waals surface area contributed by atoms with E-state index in [2.05, 4.69) is 5.73 Å². The summed E-state index contributed by atoms with van der Waals surface area (Å²) in [6.07, 6.45) is 0. The molecule has 2 nitrogen and oxygen atoms in total. The van der Waals surface area contributed by atoms with Gasteiger partial charge in [-0.15, -0.1) is 0 Å². The first kappa shape index (κ1) is 5.33. The van der Waals surface area contributed by atoms with E-state index in [9.17, 15) is 8.87 Å². The summed E-state index contributed by atoms with van der Waals surface area (Å²) in [5.74, 6) is -0.616. The Morgan fingerprint density at radius 1 is 1.83 bits per heavy atom. The predicted molar refractivity (Wildman–Crippen MR) is 18.7 cm³/mol. The number of hydrogen-bond donors (Lipinski definition) is 1. The van der Waals surface area contributed by atoms with Crippen molar-refractivity contribution in [3.8, 4) is 0 Å². The third kappa shape index (κ3) is 1.63. The molecule has 0 aromatic rings. The number of hydrogen-bond acceptors (Lipinski definition) is 1. The van der Waals surface area contributed by atoms with Gasteiger partial charge in [0.25, 0.3) is 0 Å². The van der Waals surface area contributed by atoms with E-state index in [1.165, 1.54) is 0 Å². The highest BCUT2D eigenvalue weighted by Crippen LogP contribution is 1.69. The molecule has 2 N–H and O–H groups in total. The summed E-state index contributed by atoms with van der Waals surface area (Å²) in [5.41, 5.74) is 4.47. The van der Waals surface area contributed by atoms with Crippen LogP contribution in [-0.4, -0.2) is 12.5 Å². The van der Waals surface area contributed by atoms with Gasteiger partial charge in [0, 0.05) is 0 Å². The van der Waals surface area contributed by atoms with Gasteiger partial charge in [0.15, 0.2) is 5.84 Å². The predicted octanol–water partition coefficient (Wildman–Crippen LogP) is 0.198. The second-order valence-corrected chi connectivity index (χ2v) is 0.709. The number of nitrogens with zero attached hydrogens (tertiary/aromatic N) is 1. The Morgan fingerprint density at radius 3 is 2.33 bits per heavy atom. The topological polar surface area (TPSA) is 38.4 Å². The zero-order chi connectivity index (χ0) is 4.99. The SMILES string of the molecule is NC(CF)=NF. The molecule has 0 rings (SSSR count). The van der Waals surface area contributed by atoms with Crippen molar-refractivity contribution in [2.45, 2.75) is 0 Å². The van der Waals surface area contributed by atoms with Gasteiger partial charge in [0.05, 0.1) is 0 Å². The van der Waals surface area contributed by atoms with Crippen LogP contribution < -0.4 is 5.73 Å². The standard InChI is InChI=1S/C2H4F2N2/c3-1-2(5)6-4/h1H2,(H2,5,6). The van der Waals surface area contributed by atoms with Crippen LogP contribution in [0.4, 0.5) is 8.87 Å². The molecule has 0 aromatic heterocycles. The molecule has 0 aliphatic rings. The molecular weight excluding hydrogens is 90.0 g/mol. The van der Waals surface area contributed by atoms with Gasteiger partial charge in [0.2, 0.25) is 0 Å². The molecule has 0 aliphatic heterocycles. The van der Waals surface area contributed by atoms with E-state index in [-0.39, 0.29) is 0 Å². The molecule has 0 fully saturated rings. The van der Waals surface area contributed by atoms with Crippen LogP contribution in [0.5, 0.6) is 0 Å². The fourth-order valence-corrected chi connectivity index (χ4v) is 0.0226. The normalized spacial score (nSPS) is 12.0. The number of nitrogens with two attached hydrogens (primary N) is 1. The fraction of sp³-hybridized carbons (Fsp3) is 0.500. The van der Waals surface area contributed by atoms with Crippen LogP contribution in [0.15, 0.2) is 5.21 Å². The molecule has 0 unspecified atom stereocenters. The van der Waals surface area contributed by atoms with E-state index in [1.807, 2.05) is 5.21 Å². The lowest BCUT2D eigenvalue weighted by molar-refractivity contribution is 0.513. The Kier molecular flexibility index (Phi) is 2.27. The van der Waals surface area contributed by atoms with E-state index in [4.69, 9.17) is 0 Å². The van der Waals surface area contributed by atoms with Crippen molar-refractivity contribution < 1.29 is 8.87 Å². The second-order valence-electron chi connectivity index (χ2n) is 0.709. The lowest BCUT2D eigenvalue weighted by Crippen LogP contribution is -2.11. The Morgan fingerprint density at radius 2 is 2.33 bits per heavy atom. The van der Waals surface area contributed by atoms with Crippen molar-refractivity contribution in [1.29, 1.82) is 0 Å². The minimum atomic E-state index is -1.02. The highest BCUT2D eigenvalue weighted by Gasteiger charge is 1.83. The maximum atomic E-state index is 10.9. The number of amidine groups is 1. The van der Waals surface area contributed by atoms with Crippen molar-refractivity contribution in [3.05, 3.63) is 0 Å². The first-order chi connectivity index (χ1) is 2.81. The van der Waals surface area contributed by atoms with Gasteiger partial charge in [-0.2, -0.15) is 0 Å². The third-order valence-electron chi connectivity index (χ3n) is 0.245. The third-order valence-corrected chi connectivity index (χ3v) is 0.245. The van der Waals surface area contributed by atoms with Crippen molar-refractivity contribution >= 4 is 5.84 Å². The van der Waals surface area contributed by atoms with Gasteiger partial charge >= 0.3 is 0 Å². The highest BCUT2D eigenvalue weighted by atomic mass is 19.2. The summed E-state index contributed by atoms with van der Waals surface area (Å²) in [4.78, 5) is 0. The molecule has 0 atom stereocenters. The molecule has 4 heteroatoms. The first-order valence-corrected chi connectivity index (χ1v) is 1.30. The summed E-state index contributed by atoms with van der Waals surface area (Å²) >= 11 is 0. The lowest BCUT2D eigenvalue weighted by Gasteiger charge is -1.78. The summed E-state index contributed by atoms with van der Waals surface area (Å²) in [5, 5.41) is 1.83. The average molecular weight is 94.1 g/mol. The quantitative estimate of drug-likeness (QED) is 0.365. The molecule has 0 radical (unpaired) electrons. The zero-order valence-corrected chi connectivity index (χ0v) is 2.99. The van der Waals surface area contributed by atoms with Crippen LogP contribution >= 0.6 is 0 Å². The second kappa shape index (κ2) is 2.56. The molecule has 0 saturated carbocycles. The van der Waals surface area contributed by atoms with E-state index < -0.39 is 12.5 Å². The van der Waals surface area contributed by atoms with E-state index in [0.29, 0.717) is 0 Å². The summed E-state index contributed by atoms with van der Waals surface area (Å²) in [6, 6.07) is 0. The molecule has 0 heterocycles. The van der Waals surface area contributed by atoms with Gasteiger partial charge in [-0.1, -0.05) is 9.70 Å². The molecule has 0 aromatic carbocycles. The van der Waals surface area contributed by atoms with Crippen LogP contribution in [0.25, 0.3) is 0 Å². The highest BCUT2D eigenvalue weighted by molar-refractivity contribution is 5.80. The number of halogens is 2. The van der Waals surface area contributed by atoms with E-state index >= 15 is 0 Å². The zero-order valence-electron chi connectivity index (χ0n) is 2.99. The Hall–Kier alpha value is -0.670. The number of rotatable bonds is 1. The van der Waals surface area contributed by atoms with Crippen LogP contribution in [0.2, 0.25) is 0 Å². The van der Waals surface area contributed by atoms with Gasteiger partial charge in [-0.05, 0) is 0 Å². The summed E-state index contributed by atoms with van der Waals surface area (Å²) in [6.45, 7) is -1.02. The maximum Gasteiger partial charge on any atom is 0.164 e. The van der Waals surface area contributed by atoms with Crippen LogP contribution in [0, 0.1) is 0 Å². The smallest absolute Gasteiger partial charge is 0.164 e. The average Bonchev–Trinajstić information content (AvgIpc) is 1.65. The minimum Gasteiger partial charge on any atom is -0.383 e. The van der Waals surface area contributed by atoms with Crippen molar-refractivity contribution in [1.82, 2.24) is 0 Å². The van der Waals surface area contributed by atoms with Gasteiger partial charge in [-0.3, -0.25) is 0 Å². The molecule has 0 saturated heterocycles. The van der Waals surface area contributed by atoms with Crippen LogP contribution in [-0.2, 0) is 0 Å². The molecule has 36 valence electrons. The Labute approximate surface area is 33.6 Å². The molecule has 0 amide bonds. The Balaban J connectivity index is 3.22. The molecule has 0 spiro atoms. The van der Waals surface area contributed by atoms with Gasteiger partial charge < -0.3 is 5.73 Å². The summed E-state index contributed by atoms with van der Waals surface area (Å²) < 4.78 is 21.5. The largest absolute Gasteiger partial charge is 0.383 e. The van der Waals surface area contributed by atoms with Crippen LogP contribution in [0.3, 0.4) is 0 Å². The Bertz CT molecular complexity index is 60.6. The monoisotopic (exact) mass is 94.0 g/mol. The minimum absolute atomic E-state index is 0.616. The van der Waals surface area contributed by atoms with Crippen molar-refractivity contribution in [2.24, 2.45) is 10.9 Å². The molecular formula is C2H4F2N2. The molecule has 6 heavy (non-hydrogen) atoms. The van der Waals surface area contributed by atoms with Crippen molar-refractivity contribution in [2.75, 3.05) is 6.67 Å². The first-order valence-electron chi connectivity index (χ1n) is 1.30. The summed E-state index contributed by atoms with van der Waals surface area (Å²) in [7, 11) is 0. The fourth-order valence-electron chi connectivity index (χ4n) is 0.0226. The van der Waals surface area contributed by atoms with E-state index in [0.717, 1.165) is 0 Å². The number of alkyl halides is 1.